The number of nitrogens with zero attached hydrogens (tertiary/aromatic N) is 1. The minimum Gasteiger partial charge on any atom is -0.478 e. The van der Waals surface area contributed by atoms with Crippen molar-refractivity contribution in [1.29, 1.82) is 0 Å². The van der Waals surface area contributed by atoms with Gasteiger partial charge in [0.25, 0.3) is 5.91 Å². The highest BCUT2D eigenvalue weighted by Crippen LogP contribution is 2.30. The van der Waals surface area contributed by atoms with Crippen LogP contribution in [-0.4, -0.2) is 16.5 Å². The largest absolute Gasteiger partial charge is 0.478 e. The van der Waals surface area contributed by atoms with E-state index in [0.717, 1.165) is 10.2 Å². The fourth-order valence-electron chi connectivity index (χ4n) is 2.56. The molecule has 0 radical (unpaired) electrons. The van der Waals surface area contributed by atoms with Crippen molar-refractivity contribution in [3.63, 3.8) is 0 Å². The van der Waals surface area contributed by atoms with Gasteiger partial charge < -0.3 is 4.74 Å². The summed E-state index contributed by atoms with van der Waals surface area (Å²) in [6, 6.07) is 13.3. The van der Waals surface area contributed by atoms with Crippen LogP contribution in [0.15, 0.2) is 42.5 Å². The molecule has 27 heavy (non-hydrogen) atoms. The van der Waals surface area contributed by atoms with E-state index in [4.69, 9.17) is 16.3 Å². The van der Waals surface area contributed by atoms with Crippen LogP contribution in [0.5, 0.6) is 5.75 Å². The van der Waals surface area contributed by atoms with Gasteiger partial charge in [0.2, 0.25) is 0 Å². The first kappa shape index (κ1) is 19.6. The molecule has 0 aliphatic rings. The quantitative estimate of drug-likeness (QED) is 0.578. The first-order valence-electron chi connectivity index (χ1n) is 8.72. The lowest BCUT2D eigenvalue weighted by Crippen LogP contribution is -2.42. The van der Waals surface area contributed by atoms with Gasteiger partial charge in [-0.1, -0.05) is 55.8 Å². The van der Waals surface area contributed by atoms with Crippen LogP contribution in [0.3, 0.4) is 0 Å². The van der Waals surface area contributed by atoms with Gasteiger partial charge in [-0.3, -0.25) is 10.1 Å². The number of fused-ring (bicyclic) bond motifs is 1. The first-order valence-corrected chi connectivity index (χ1v) is 9.91. The maximum atomic E-state index is 12.7. The fraction of sp³-hybridized carbons (Fsp3) is 0.333. The van der Waals surface area contributed by atoms with Crippen molar-refractivity contribution >= 4 is 44.2 Å². The zero-order valence-electron chi connectivity index (χ0n) is 16.1. The van der Waals surface area contributed by atoms with Gasteiger partial charge in [-0.05, 0) is 55.2 Å². The molecule has 3 aromatic rings. The van der Waals surface area contributed by atoms with E-state index in [1.807, 2.05) is 36.4 Å². The lowest BCUT2D eigenvalue weighted by atomic mass is 9.87. The highest BCUT2D eigenvalue weighted by atomic mass is 35.5. The SMILES string of the molecule is CC(C)(Oc1ccc(C(C)(C)C)cc1)C(=O)Nc1nc2ccc(Cl)cc2s1. The Bertz CT molecular complexity index is 972. The number of carbonyl (C=O) groups excluding carboxylic acids is 1. The molecule has 4 nitrogen and oxygen atoms in total. The molecule has 0 aliphatic heterocycles. The van der Waals surface area contributed by atoms with E-state index in [1.54, 1.807) is 19.9 Å². The van der Waals surface area contributed by atoms with Crippen LogP contribution in [-0.2, 0) is 10.2 Å². The third-order valence-electron chi connectivity index (χ3n) is 4.21. The van der Waals surface area contributed by atoms with Gasteiger partial charge in [0.15, 0.2) is 10.7 Å². The van der Waals surface area contributed by atoms with Crippen molar-refractivity contribution < 1.29 is 9.53 Å². The van der Waals surface area contributed by atoms with E-state index in [9.17, 15) is 4.79 Å². The number of anilines is 1. The summed E-state index contributed by atoms with van der Waals surface area (Å²) in [5.41, 5.74) is 1.04. The molecule has 0 aliphatic carbocycles. The van der Waals surface area contributed by atoms with Gasteiger partial charge in [0.1, 0.15) is 5.75 Å². The summed E-state index contributed by atoms with van der Waals surface area (Å²) in [5.74, 6) is 0.395. The van der Waals surface area contributed by atoms with Crippen LogP contribution in [0.1, 0.15) is 40.2 Å². The van der Waals surface area contributed by atoms with Crippen LogP contribution >= 0.6 is 22.9 Å². The summed E-state index contributed by atoms with van der Waals surface area (Å²) < 4.78 is 6.87. The van der Waals surface area contributed by atoms with Crippen LogP contribution in [0, 0.1) is 0 Å². The molecule has 1 heterocycles. The molecule has 3 rings (SSSR count). The molecule has 0 saturated carbocycles. The van der Waals surface area contributed by atoms with Crippen molar-refractivity contribution in [3.8, 4) is 5.75 Å². The second-order valence-corrected chi connectivity index (χ2v) is 9.44. The predicted molar refractivity (Wildman–Crippen MR) is 113 cm³/mol. The predicted octanol–water partition coefficient (Wildman–Crippen LogP) is 6.04. The fourth-order valence-corrected chi connectivity index (χ4v) is 3.70. The van der Waals surface area contributed by atoms with Gasteiger partial charge in [0, 0.05) is 5.02 Å². The van der Waals surface area contributed by atoms with Crippen LogP contribution in [0.4, 0.5) is 5.13 Å². The van der Waals surface area contributed by atoms with E-state index in [-0.39, 0.29) is 11.3 Å². The molecular formula is C21H23ClN2O2S. The van der Waals surface area contributed by atoms with Crippen LogP contribution in [0.25, 0.3) is 10.2 Å². The second-order valence-electron chi connectivity index (χ2n) is 7.97. The molecule has 0 spiro atoms. The third-order valence-corrected chi connectivity index (χ3v) is 5.38. The maximum Gasteiger partial charge on any atom is 0.269 e. The number of halogens is 1. The van der Waals surface area contributed by atoms with E-state index in [0.29, 0.717) is 15.9 Å². The Kier molecular flexibility index (Phi) is 5.19. The maximum absolute atomic E-state index is 12.7. The van der Waals surface area contributed by atoms with Crippen molar-refractivity contribution in [2.24, 2.45) is 0 Å². The molecule has 0 saturated heterocycles. The lowest BCUT2D eigenvalue weighted by Gasteiger charge is -2.25. The number of aromatic nitrogens is 1. The van der Waals surface area contributed by atoms with Crippen molar-refractivity contribution in [1.82, 2.24) is 4.98 Å². The molecule has 0 atom stereocenters. The molecule has 0 fully saturated rings. The highest BCUT2D eigenvalue weighted by molar-refractivity contribution is 7.22. The van der Waals surface area contributed by atoms with Gasteiger partial charge in [-0.2, -0.15) is 0 Å². The number of ether oxygens (including phenoxy) is 1. The standard InChI is InChI=1S/C21H23ClN2O2S/c1-20(2,3)13-6-9-15(10-7-13)26-21(4,5)18(25)24-19-23-16-11-8-14(22)12-17(16)27-19/h6-12H,1-5H3,(H,23,24,25). The molecule has 142 valence electrons. The summed E-state index contributed by atoms with van der Waals surface area (Å²) in [5, 5.41) is 4.02. The second kappa shape index (κ2) is 7.13. The first-order chi connectivity index (χ1) is 12.5. The lowest BCUT2D eigenvalue weighted by molar-refractivity contribution is -0.128. The highest BCUT2D eigenvalue weighted by Gasteiger charge is 2.31. The van der Waals surface area contributed by atoms with Crippen LogP contribution in [0.2, 0.25) is 5.02 Å². The average molecular weight is 403 g/mol. The molecule has 2 aromatic carbocycles. The van der Waals surface area contributed by atoms with Gasteiger partial charge >= 0.3 is 0 Å². The summed E-state index contributed by atoms with van der Waals surface area (Å²) in [7, 11) is 0. The normalized spacial score (nSPS) is 12.2. The number of carbonyl (C=O) groups is 1. The zero-order chi connectivity index (χ0) is 19.8. The third kappa shape index (κ3) is 4.60. The van der Waals surface area contributed by atoms with Gasteiger partial charge in [0.05, 0.1) is 10.2 Å². The van der Waals surface area contributed by atoms with Crippen molar-refractivity contribution in [3.05, 3.63) is 53.1 Å². The Morgan fingerprint density at radius 2 is 1.74 bits per heavy atom. The Morgan fingerprint density at radius 1 is 1.07 bits per heavy atom. The number of amides is 1. The Hall–Kier alpha value is -2.11. The number of rotatable bonds is 4. The number of benzene rings is 2. The molecule has 1 amide bonds. The molecule has 1 aromatic heterocycles. The van der Waals surface area contributed by atoms with E-state index in [1.165, 1.54) is 16.9 Å². The number of nitrogens with one attached hydrogen (secondary N) is 1. The summed E-state index contributed by atoms with van der Waals surface area (Å²) in [6.45, 7) is 9.96. The van der Waals surface area contributed by atoms with Gasteiger partial charge in [-0.15, -0.1) is 0 Å². The molecule has 0 bridgehead atoms. The number of hydrogen-bond acceptors (Lipinski definition) is 4. The van der Waals surface area contributed by atoms with Crippen molar-refractivity contribution in [2.45, 2.75) is 45.6 Å². The molecule has 0 unspecified atom stereocenters. The Balaban J connectivity index is 1.72. The van der Waals surface area contributed by atoms with Gasteiger partial charge in [-0.25, -0.2) is 4.98 Å². The minimum atomic E-state index is -1.04. The van der Waals surface area contributed by atoms with E-state index < -0.39 is 5.60 Å². The minimum absolute atomic E-state index is 0.0706. The zero-order valence-corrected chi connectivity index (χ0v) is 17.7. The molecule has 1 N–H and O–H groups in total. The van der Waals surface area contributed by atoms with E-state index >= 15 is 0 Å². The average Bonchev–Trinajstić information content (AvgIpc) is 2.95. The van der Waals surface area contributed by atoms with Crippen molar-refractivity contribution in [2.75, 3.05) is 5.32 Å². The number of thiazole rings is 1. The molecular weight excluding hydrogens is 380 g/mol. The Morgan fingerprint density at radius 3 is 2.37 bits per heavy atom. The number of hydrogen-bond donors (Lipinski definition) is 1. The van der Waals surface area contributed by atoms with Crippen LogP contribution < -0.4 is 10.1 Å². The monoisotopic (exact) mass is 402 g/mol. The summed E-state index contributed by atoms with van der Waals surface area (Å²) in [4.78, 5) is 17.1. The molecule has 6 heteroatoms. The summed E-state index contributed by atoms with van der Waals surface area (Å²) in [6.07, 6.45) is 0. The smallest absolute Gasteiger partial charge is 0.269 e. The Labute approximate surface area is 168 Å². The van der Waals surface area contributed by atoms with E-state index in [2.05, 4.69) is 31.1 Å². The summed E-state index contributed by atoms with van der Waals surface area (Å²) >= 11 is 7.39. The topological polar surface area (TPSA) is 51.2 Å².